The average molecular weight is 397 g/mol. The van der Waals surface area contributed by atoms with Crippen molar-refractivity contribution in [1.29, 1.82) is 0 Å². The Labute approximate surface area is 161 Å². The van der Waals surface area contributed by atoms with Gasteiger partial charge in [0.15, 0.2) is 0 Å². The summed E-state index contributed by atoms with van der Waals surface area (Å²) in [5, 5.41) is 12.6. The fourth-order valence-electron chi connectivity index (χ4n) is 2.45. The summed E-state index contributed by atoms with van der Waals surface area (Å²) >= 11 is 0. The van der Waals surface area contributed by atoms with Gasteiger partial charge in [0, 0.05) is 13.1 Å². The Bertz CT molecular complexity index is 774. The molecule has 0 radical (unpaired) electrons. The quantitative estimate of drug-likeness (QED) is 0.755. The Morgan fingerprint density at radius 2 is 1.70 bits per heavy atom. The third-order valence-corrected chi connectivity index (χ3v) is 5.08. The molecule has 2 N–H and O–H groups in total. The maximum atomic E-state index is 12.1. The minimum Gasteiger partial charge on any atom is -0.392 e. The van der Waals surface area contributed by atoms with Gasteiger partial charge in [-0.25, -0.2) is 12.8 Å². The summed E-state index contributed by atoms with van der Waals surface area (Å²) in [4.78, 5) is 0. The van der Waals surface area contributed by atoms with Crippen molar-refractivity contribution in [2.24, 2.45) is 0 Å². The van der Waals surface area contributed by atoms with Crippen molar-refractivity contribution in [3.05, 3.63) is 65.5 Å². The number of likely N-dealkylation sites (N-methyl/N-ethyl adjacent to an activating group) is 1. The molecule has 5 nitrogen and oxygen atoms in total. The van der Waals surface area contributed by atoms with Crippen LogP contribution in [0.1, 0.15) is 17.5 Å². The van der Waals surface area contributed by atoms with Crippen LogP contribution in [0.5, 0.6) is 0 Å². The van der Waals surface area contributed by atoms with E-state index in [9.17, 15) is 17.9 Å². The smallest absolute Gasteiger partial charge is 0.232 e. The van der Waals surface area contributed by atoms with Crippen LogP contribution in [0.15, 0.2) is 48.5 Å². The lowest BCUT2D eigenvalue weighted by molar-refractivity contribution is 0.167. The van der Waals surface area contributed by atoms with Gasteiger partial charge in [0.1, 0.15) is 5.82 Å². The molecular formula is C20H29FN2O3S. The Kier molecular flexibility index (Phi) is 9.41. The van der Waals surface area contributed by atoms with Gasteiger partial charge >= 0.3 is 0 Å². The van der Waals surface area contributed by atoms with Gasteiger partial charge in [-0.15, -0.1) is 0 Å². The molecule has 0 spiro atoms. The number of hydrogen-bond acceptors (Lipinski definition) is 4. The summed E-state index contributed by atoms with van der Waals surface area (Å²) in [6.45, 7) is 4.52. The number of para-hydroxylation sites is 1. The number of sulfonamides is 1. The molecule has 150 valence electrons. The molecule has 0 saturated carbocycles. The van der Waals surface area contributed by atoms with Crippen molar-refractivity contribution >= 4 is 15.7 Å². The van der Waals surface area contributed by atoms with Crippen molar-refractivity contribution in [2.75, 3.05) is 30.7 Å². The molecule has 0 bridgehead atoms. The summed E-state index contributed by atoms with van der Waals surface area (Å²) < 4.78 is 37.2. The van der Waals surface area contributed by atoms with Crippen LogP contribution in [0.3, 0.4) is 0 Å². The molecule has 0 fully saturated rings. The SMILES string of the molecule is CNCC(O)CCN(c1ccccc1C)S(C)(=O)=O.Cc1ccc(F)cc1. The Balaban J connectivity index is 0.000000377. The van der Waals surface area contributed by atoms with E-state index in [1.165, 1.54) is 22.7 Å². The molecule has 27 heavy (non-hydrogen) atoms. The number of anilines is 1. The molecule has 1 unspecified atom stereocenters. The molecule has 1 atom stereocenters. The number of aliphatic hydroxyl groups is 1. The number of nitrogens with one attached hydrogen (secondary N) is 1. The van der Waals surface area contributed by atoms with Crippen LogP contribution < -0.4 is 9.62 Å². The van der Waals surface area contributed by atoms with Gasteiger partial charge in [0.25, 0.3) is 0 Å². The molecule has 0 aliphatic rings. The van der Waals surface area contributed by atoms with Crippen molar-refractivity contribution in [1.82, 2.24) is 5.32 Å². The first-order chi connectivity index (χ1) is 12.6. The number of aliphatic hydroxyl groups excluding tert-OH is 1. The summed E-state index contributed by atoms with van der Waals surface area (Å²) in [5.41, 5.74) is 2.66. The first-order valence-corrected chi connectivity index (χ1v) is 10.6. The van der Waals surface area contributed by atoms with Gasteiger partial charge < -0.3 is 10.4 Å². The summed E-state index contributed by atoms with van der Waals surface area (Å²) in [7, 11) is -1.60. The standard InChI is InChI=1S/C13H22N2O3S.C7H7F/c1-11-6-4-5-7-13(11)15(19(3,17)18)9-8-12(16)10-14-2;1-6-2-4-7(8)5-3-6/h4-7,12,14,16H,8-10H2,1-3H3;2-5H,1H3. The number of rotatable bonds is 7. The Morgan fingerprint density at radius 3 is 2.19 bits per heavy atom. The van der Waals surface area contributed by atoms with E-state index in [0.717, 1.165) is 11.1 Å². The molecule has 0 heterocycles. The zero-order valence-electron chi connectivity index (χ0n) is 16.3. The van der Waals surface area contributed by atoms with Crippen LogP contribution in [0.4, 0.5) is 10.1 Å². The van der Waals surface area contributed by atoms with E-state index in [2.05, 4.69) is 5.32 Å². The molecular weight excluding hydrogens is 367 g/mol. The summed E-state index contributed by atoms with van der Waals surface area (Å²) in [5.74, 6) is -0.171. The van der Waals surface area contributed by atoms with E-state index >= 15 is 0 Å². The van der Waals surface area contributed by atoms with Gasteiger partial charge in [-0.3, -0.25) is 4.31 Å². The summed E-state index contributed by atoms with van der Waals surface area (Å²) in [6, 6.07) is 13.7. The van der Waals surface area contributed by atoms with E-state index in [1.807, 2.05) is 32.0 Å². The van der Waals surface area contributed by atoms with Crippen molar-refractivity contribution in [3.63, 3.8) is 0 Å². The van der Waals surface area contributed by atoms with E-state index in [-0.39, 0.29) is 12.4 Å². The maximum absolute atomic E-state index is 12.1. The zero-order chi connectivity index (χ0) is 20.4. The molecule has 2 aromatic rings. The Morgan fingerprint density at radius 1 is 1.11 bits per heavy atom. The zero-order valence-corrected chi connectivity index (χ0v) is 17.1. The van der Waals surface area contributed by atoms with Crippen LogP contribution in [-0.2, 0) is 10.0 Å². The largest absolute Gasteiger partial charge is 0.392 e. The molecule has 2 rings (SSSR count). The van der Waals surface area contributed by atoms with Gasteiger partial charge in [-0.1, -0.05) is 35.9 Å². The fraction of sp³-hybridized carbons (Fsp3) is 0.400. The second-order valence-electron chi connectivity index (χ2n) is 6.42. The van der Waals surface area contributed by atoms with Crippen LogP contribution in [0.25, 0.3) is 0 Å². The van der Waals surface area contributed by atoms with E-state index in [1.54, 1.807) is 25.2 Å². The molecule has 0 aliphatic heterocycles. The third-order valence-electron chi connectivity index (χ3n) is 3.90. The molecule has 0 aromatic heterocycles. The molecule has 0 aliphatic carbocycles. The number of halogens is 1. The van der Waals surface area contributed by atoms with Gasteiger partial charge in [0.05, 0.1) is 18.0 Å². The highest BCUT2D eigenvalue weighted by Crippen LogP contribution is 2.22. The Hall–Kier alpha value is -1.96. The summed E-state index contributed by atoms with van der Waals surface area (Å²) in [6.07, 6.45) is 1.02. The lowest BCUT2D eigenvalue weighted by Gasteiger charge is -2.25. The lowest BCUT2D eigenvalue weighted by Crippen LogP contribution is -2.35. The maximum Gasteiger partial charge on any atom is 0.232 e. The number of benzene rings is 2. The van der Waals surface area contributed by atoms with Crippen LogP contribution in [0, 0.1) is 19.7 Å². The number of nitrogens with zero attached hydrogens (tertiary/aromatic N) is 1. The number of hydrogen-bond donors (Lipinski definition) is 2. The third kappa shape index (κ3) is 8.51. The second kappa shape index (κ2) is 11.0. The van der Waals surface area contributed by atoms with E-state index in [4.69, 9.17) is 0 Å². The predicted octanol–water partition coefficient (Wildman–Crippen LogP) is 2.87. The normalized spacial score (nSPS) is 12.1. The van der Waals surface area contributed by atoms with Gasteiger partial charge in [0.2, 0.25) is 10.0 Å². The van der Waals surface area contributed by atoms with Crippen molar-refractivity contribution < 1.29 is 17.9 Å². The monoisotopic (exact) mass is 396 g/mol. The van der Waals surface area contributed by atoms with E-state index in [0.29, 0.717) is 18.7 Å². The fourth-order valence-corrected chi connectivity index (χ4v) is 3.44. The molecule has 0 amide bonds. The first-order valence-electron chi connectivity index (χ1n) is 8.73. The van der Waals surface area contributed by atoms with Crippen LogP contribution >= 0.6 is 0 Å². The molecule has 2 aromatic carbocycles. The lowest BCUT2D eigenvalue weighted by atomic mass is 10.2. The minimum absolute atomic E-state index is 0.171. The molecule has 7 heteroatoms. The second-order valence-corrected chi connectivity index (χ2v) is 8.32. The van der Waals surface area contributed by atoms with Gasteiger partial charge in [-0.05, 0) is 51.1 Å². The topological polar surface area (TPSA) is 69.6 Å². The number of aryl methyl sites for hydroxylation is 2. The van der Waals surface area contributed by atoms with E-state index < -0.39 is 16.1 Å². The minimum atomic E-state index is -3.35. The van der Waals surface area contributed by atoms with Crippen molar-refractivity contribution in [3.8, 4) is 0 Å². The van der Waals surface area contributed by atoms with Gasteiger partial charge in [-0.2, -0.15) is 0 Å². The molecule has 0 saturated heterocycles. The average Bonchev–Trinajstić information content (AvgIpc) is 2.59. The predicted molar refractivity (Wildman–Crippen MR) is 109 cm³/mol. The highest BCUT2D eigenvalue weighted by molar-refractivity contribution is 7.92. The van der Waals surface area contributed by atoms with Crippen molar-refractivity contribution in [2.45, 2.75) is 26.4 Å². The van der Waals surface area contributed by atoms with Crippen LogP contribution in [-0.4, -0.2) is 46.0 Å². The highest BCUT2D eigenvalue weighted by Gasteiger charge is 2.19. The highest BCUT2D eigenvalue weighted by atomic mass is 32.2. The van der Waals surface area contributed by atoms with Crippen LogP contribution in [0.2, 0.25) is 0 Å². The first kappa shape index (κ1) is 23.1.